The van der Waals surface area contributed by atoms with E-state index in [0.29, 0.717) is 34.3 Å². The van der Waals surface area contributed by atoms with Gasteiger partial charge in [-0.1, -0.05) is 16.8 Å². The summed E-state index contributed by atoms with van der Waals surface area (Å²) in [7, 11) is 0. The van der Waals surface area contributed by atoms with Crippen molar-refractivity contribution in [1.82, 2.24) is 20.3 Å². The molecule has 3 atom stereocenters. The van der Waals surface area contributed by atoms with Crippen LogP contribution in [0.2, 0.25) is 4.34 Å². The van der Waals surface area contributed by atoms with Crippen molar-refractivity contribution in [3.8, 4) is 0 Å². The van der Waals surface area contributed by atoms with Gasteiger partial charge in [0.15, 0.2) is 0 Å². The van der Waals surface area contributed by atoms with E-state index >= 15 is 0 Å². The number of fused-ring (bicyclic) bond motifs is 2. The van der Waals surface area contributed by atoms with Crippen molar-refractivity contribution in [3.63, 3.8) is 0 Å². The molecule has 154 valence electrons. The van der Waals surface area contributed by atoms with Crippen molar-refractivity contribution >= 4 is 22.9 Å². The summed E-state index contributed by atoms with van der Waals surface area (Å²) in [6.07, 6.45) is 2.81. The largest absolute Gasteiger partial charge is 0.389 e. The summed E-state index contributed by atoms with van der Waals surface area (Å²) in [5.41, 5.74) is -1.07. The number of thiophene rings is 1. The van der Waals surface area contributed by atoms with Crippen LogP contribution in [0.3, 0.4) is 0 Å². The van der Waals surface area contributed by atoms with Crippen molar-refractivity contribution < 1.29 is 18.6 Å². The second-order valence-electron chi connectivity index (χ2n) is 8.46. The van der Waals surface area contributed by atoms with E-state index < -0.39 is 23.7 Å². The number of ether oxygens (including phenoxy) is 1. The molecule has 0 aliphatic carbocycles. The Morgan fingerprint density at radius 1 is 1.46 bits per heavy atom. The van der Waals surface area contributed by atoms with Crippen LogP contribution >= 0.6 is 22.9 Å². The number of hydrogen-bond donors (Lipinski definition) is 2. The van der Waals surface area contributed by atoms with Crippen molar-refractivity contribution in [2.24, 2.45) is 0 Å². The van der Waals surface area contributed by atoms with Gasteiger partial charge in [-0.3, -0.25) is 0 Å². The first kappa shape index (κ1) is 20.2. The van der Waals surface area contributed by atoms with Crippen molar-refractivity contribution in [2.45, 2.75) is 69.4 Å². The first-order valence-corrected chi connectivity index (χ1v) is 10.4. The van der Waals surface area contributed by atoms with Crippen LogP contribution in [0.4, 0.5) is 8.78 Å². The van der Waals surface area contributed by atoms with Gasteiger partial charge in [-0.2, -0.15) is 8.78 Å². The van der Waals surface area contributed by atoms with E-state index in [2.05, 4.69) is 15.6 Å². The molecule has 28 heavy (non-hydrogen) atoms. The summed E-state index contributed by atoms with van der Waals surface area (Å²) in [6.45, 7) is 5.05. The van der Waals surface area contributed by atoms with Crippen LogP contribution < -0.4 is 5.32 Å². The normalized spacial score (nSPS) is 29.8. The van der Waals surface area contributed by atoms with Crippen LogP contribution in [-0.4, -0.2) is 38.4 Å². The van der Waals surface area contributed by atoms with Crippen molar-refractivity contribution in [2.75, 3.05) is 6.61 Å². The number of alkyl halides is 2. The van der Waals surface area contributed by atoms with Gasteiger partial charge in [0.1, 0.15) is 12.2 Å². The van der Waals surface area contributed by atoms with E-state index in [1.165, 1.54) is 17.4 Å². The van der Waals surface area contributed by atoms with Gasteiger partial charge in [0, 0.05) is 22.9 Å². The average Bonchev–Trinajstić information content (AvgIpc) is 3.17. The van der Waals surface area contributed by atoms with Gasteiger partial charge in [0.05, 0.1) is 34.4 Å². The molecule has 2 aromatic rings. The molecule has 1 saturated heterocycles. The zero-order chi connectivity index (χ0) is 20.3. The average molecular weight is 433 g/mol. The molecule has 6 nitrogen and oxygen atoms in total. The van der Waals surface area contributed by atoms with Gasteiger partial charge in [0.25, 0.3) is 5.92 Å². The van der Waals surface area contributed by atoms with Gasteiger partial charge in [0.2, 0.25) is 0 Å². The maximum Gasteiger partial charge on any atom is 0.297 e. The number of nitrogens with one attached hydrogen (secondary N) is 1. The van der Waals surface area contributed by atoms with Gasteiger partial charge < -0.3 is 15.2 Å². The Balaban J connectivity index is 1.66. The van der Waals surface area contributed by atoms with Crippen LogP contribution in [0.1, 0.15) is 55.8 Å². The number of hydrogen-bond acceptors (Lipinski definition) is 6. The Labute approximate surface area is 170 Å². The van der Waals surface area contributed by atoms with Crippen LogP contribution in [-0.2, 0) is 22.8 Å². The van der Waals surface area contributed by atoms with E-state index in [0.717, 1.165) is 0 Å². The van der Waals surface area contributed by atoms with Crippen LogP contribution in [0.25, 0.3) is 0 Å². The molecule has 2 N–H and O–H groups in total. The smallest absolute Gasteiger partial charge is 0.297 e. The third kappa shape index (κ3) is 3.70. The molecule has 0 aromatic carbocycles. The third-order valence-corrected chi connectivity index (χ3v) is 6.61. The highest BCUT2D eigenvalue weighted by atomic mass is 35.5. The minimum absolute atomic E-state index is 0.0210. The van der Waals surface area contributed by atoms with E-state index in [1.807, 2.05) is 6.92 Å². The summed E-state index contributed by atoms with van der Waals surface area (Å²) in [5.74, 6) is -3.04. The maximum absolute atomic E-state index is 14.4. The Morgan fingerprint density at radius 3 is 2.93 bits per heavy atom. The van der Waals surface area contributed by atoms with Crippen molar-refractivity contribution in [3.05, 3.63) is 32.7 Å². The molecule has 2 aromatic heterocycles. The fourth-order valence-electron chi connectivity index (χ4n) is 4.15. The van der Waals surface area contributed by atoms with Crippen LogP contribution in [0, 0.1) is 0 Å². The molecule has 4 heterocycles. The maximum atomic E-state index is 14.4. The lowest BCUT2D eigenvalue weighted by Gasteiger charge is -2.47. The lowest BCUT2D eigenvalue weighted by molar-refractivity contribution is -0.183. The highest BCUT2D eigenvalue weighted by Crippen LogP contribution is 2.54. The Bertz CT molecular complexity index is 881. The van der Waals surface area contributed by atoms with E-state index in [1.54, 1.807) is 24.7 Å². The summed E-state index contributed by atoms with van der Waals surface area (Å²) < 4.78 is 36.5. The molecule has 0 saturated carbocycles. The third-order valence-electron chi connectivity index (χ3n) is 5.16. The van der Waals surface area contributed by atoms with Gasteiger partial charge >= 0.3 is 0 Å². The summed E-state index contributed by atoms with van der Waals surface area (Å²) in [6, 6.07) is 1.19. The molecule has 0 amide bonds. The second kappa shape index (κ2) is 6.70. The van der Waals surface area contributed by atoms with Crippen LogP contribution in [0.15, 0.2) is 12.3 Å². The first-order chi connectivity index (χ1) is 13.0. The Kier molecular flexibility index (Phi) is 4.82. The predicted molar refractivity (Wildman–Crippen MR) is 102 cm³/mol. The number of aliphatic hydroxyl groups is 1. The molecule has 10 heteroatoms. The number of aromatic nitrogens is 3. The summed E-state index contributed by atoms with van der Waals surface area (Å²) >= 11 is 7.27. The molecule has 1 fully saturated rings. The molecule has 0 radical (unpaired) electrons. The fraction of sp³-hybridized carbons (Fsp3) is 0.667. The standard InChI is InChI=1S/C18H23ClF2N4O2S/c1-10-5-17(15-11(4-14(19)28-15)18(20,21)9-27-17)6-12(22-10)13-7-25(24-23-13)8-16(2,3)26/h4,7,10,12,22,26H,5-6,8-9H2,1-3H3/t10-,12-,17-/m0/s1. The SMILES string of the molecule is C[C@H]1C[C@@]2(C[C@@H](c3cn(CC(C)(C)O)nn3)N1)OCC(F)(F)c1cc(Cl)sc12. The van der Waals surface area contributed by atoms with Gasteiger partial charge in [-0.05, 0) is 33.3 Å². The Morgan fingerprint density at radius 2 is 2.21 bits per heavy atom. The molecule has 1 spiro atoms. The molecule has 2 aliphatic rings. The Hall–Kier alpha value is -1.13. The lowest BCUT2D eigenvalue weighted by atomic mass is 9.78. The number of rotatable bonds is 3. The molecule has 0 unspecified atom stereocenters. The molecule has 2 aliphatic heterocycles. The highest BCUT2D eigenvalue weighted by molar-refractivity contribution is 7.16. The van der Waals surface area contributed by atoms with E-state index in [-0.39, 0.29) is 17.6 Å². The zero-order valence-corrected chi connectivity index (χ0v) is 17.4. The molecule has 4 rings (SSSR count). The minimum atomic E-state index is -3.04. The quantitative estimate of drug-likeness (QED) is 0.775. The molecular formula is C18H23ClF2N4O2S. The number of halogens is 3. The van der Waals surface area contributed by atoms with Gasteiger partial charge in [-0.15, -0.1) is 16.4 Å². The highest BCUT2D eigenvalue weighted by Gasteiger charge is 2.53. The van der Waals surface area contributed by atoms with E-state index in [4.69, 9.17) is 16.3 Å². The van der Waals surface area contributed by atoms with Crippen LogP contribution in [0.5, 0.6) is 0 Å². The fourth-order valence-corrected chi connectivity index (χ4v) is 5.59. The number of piperidine rings is 1. The first-order valence-electron chi connectivity index (χ1n) is 9.18. The second-order valence-corrected chi connectivity index (χ2v) is 10.1. The predicted octanol–water partition coefficient (Wildman–Crippen LogP) is 3.59. The topological polar surface area (TPSA) is 72.2 Å². The van der Waals surface area contributed by atoms with E-state index in [9.17, 15) is 13.9 Å². The summed E-state index contributed by atoms with van der Waals surface area (Å²) in [4.78, 5) is 0.510. The van der Waals surface area contributed by atoms with Crippen molar-refractivity contribution in [1.29, 1.82) is 0 Å². The summed E-state index contributed by atoms with van der Waals surface area (Å²) in [5, 5.41) is 21.8. The lowest BCUT2D eigenvalue weighted by Crippen LogP contribution is -2.51. The monoisotopic (exact) mass is 432 g/mol. The molecular weight excluding hydrogens is 410 g/mol. The molecule has 0 bridgehead atoms. The minimum Gasteiger partial charge on any atom is -0.389 e. The zero-order valence-electron chi connectivity index (χ0n) is 15.9. The number of nitrogens with zero attached hydrogens (tertiary/aromatic N) is 3. The van der Waals surface area contributed by atoms with Gasteiger partial charge in [-0.25, -0.2) is 4.68 Å².